The molecule has 3 aromatic heterocycles. The number of hydrogen-bond donors (Lipinski definition) is 1. The Morgan fingerprint density at radius 2 is 2.07 bits per heavy atom. The fourth-order valence-corrected chi connectivity index (χ4v) is 3.61. The Kier molecular flexibility index (Phi) is 5.21. The molecular weight excluding hydrogens is 376 g/mol. The molecular formula is C21H25F2N5O. The highest BCUT2D eigenvalue weighted by Crippen LogP contribution is 2.30. The monoisotopic (exact) mass is 401 g/mol. The Morgan fingerprint density at radius 1 is 1.24 bits per heavy atom. The van der Waals surface area contributed by atoms with Crippen molar-refractivity contribution < 1.29 is 13.5 Å². The Morgan fingerprint density at radius 3 is 2.90 bits per heavy atom. The van der Waals surface area contributed by atoms with Crippen LogP contribution in [-0.4, -0.2) is 37.9 Å². The van der Waals surface area contributed by atoms with Crippen LogP contribution in [0.25, 0.3) is 16.9 Å². The number of nitrogens with one attached hydrogen (secondary N) is 1. The second kappa shape index (κ2) is 7.67. The van der Waals surface area contributed by atoms with E-state index in [1.54, 1.807) is 12.4 Å². The van der Waals surface area contributed by atoms with E-state index in [0.717, 1.165) is 16.8 Å². The third-order valence-electron chi connectivity index (χ3n) is 5.46. The summed E-state index contributed by atoms with van der Waals surface area (Å²) in [5.74, 6) is -2.40. The van der Waals surface area contributed by atoms with Crippen molar-refractivity contribution in [3.05, 3.63) is 42.1 Å². The summed E-state index contributed by atoms with van der Waals surface area (Å²) in [6.45, 7) is 5.65. The molecule has 1 N–H and O–H groups in total. The molecule has 0 fully saturated rings. The molecule has 0 radical (unpaired) electrons. The molecule has 3 aromatic rings. The van der Waals surface area contributed by atoms with Crippen molar-refractivity contribution in [2.24, 2.45) is 0 Å². The van der Waals surface area contributed by atoms with Gasteiger partial charge in [-0.05, 0) is 45.2 Å². The van der Waals surface area contributed by atoms with E-state index < -0.39 is 12.0 Å². The first-order chi connectivity index (χ1) is 13.8. The van der Waals surface area contributed by atoms with Crippen molar-refractivity contribution in [3.63, 3.8) is 0 Å². The summed E-state index contributed by atoms with van der Waals surface area (Å²) < 4.78 is 36.8. The molecule has 4 heterocycles. The molecule has 29 heavy (non-hydrogen) atoms. The number of aromatic nitrogens is 4. The normalized spacial score (nSPS) is 22.5. The second-order valence-electron chi connectivity index (χ2n) is 7.69. The van der Waals surface area contributed by atoms with Crippen LogP contribution in [0.1, 0.15) is 50.4 Å². The highest BCUT2D eigenvalue weighted by Gasteiger charge is 2.36. The number of rotatable bonds is 0. The van der Waals surface area contributed by atoms with Crippen LogP contribution in [0.4, 0.5) is 8.78 Å². The van der Waals surface area contributed by atoms with Gasteiger partial charge in [-0.3, -0.25) is 4.98 Å². The molecule has 8 heteroatoms. The lowest BCUT2D eigenvalue weighted by Gasteiger charge is -2.27. The molecule has 0 spiro atoms. The molecule has 0 saturated heterocycles. The largest absolute Gasteiger partial charge is 0.475 e. The maximum atomic E-state index is 14.6. The highest BCUT2D eigenvalue weighted by atomic mass is 19.3. The van der Waals surface area contributed by atoms with Gasteiger partial charge in [-0.1, -0.05) is 0 Å². The number of ether oxygens (including phenoxy) is 1. The number of imidazole rings is 1. The molecule has 154 valence electrons. The van der Waals surface area contributed by atoms with Gasteiger partial charge in [0.15, 0.2) is 0 Å². The van der Waals surface area contributed by atoms with Crippen LogP contribution in [0.5, 0.6) is 5.88 Å². The summed E-state index contributed by atoms with van der Waals surface area (Å²) in [4.78, 5) is 13.5. The highest BCUT2D eigenvalue weighted by molar-refractivity contribution is 5.66. The van der Waals surface area contributed by atoms with Crippen LogP contribution in [0.3, 0.4) is 0 Å². The van der Waals surface area contributed by atoms with E-state index in [2.05, 4.69) is 20.3 Å². The number of aryl methyl sites for hydroxylation is 1. The molecule has 0 aromatic carbocycles. The van der Waals surface area contributed by atoms with E-state index in [1.165, 1.54) is 6.92 Å². The first-order valence-corrected chi connectivity index (χ1v) is 9.92. The van der Waals surface area contributed by atoms with Gasteiger partial charge in [-0.15, -0.1) is 0 Å². The van der Waals surface area contributed by atoms with Gasteiger partial charge in [-0.25, -0.2) is 18.7 Å². The molecule has 2 unspecified atom stereocenters. The lowest BCUT2D eigenvalue weighted by Crippen LogP contribution is -2.44. The Hall–Kier alpha value is -2.61. The second-order valence-corrected chi connectivity index (χ2v) is 7.69. The zero-order valence-corrected chi connectivity index (χ0v) is 16.8. The Bertz CT molecular complexity index is 1020. The van der Waals surface area contributed by atoms with Gasteiger partial charge in [0, 0.05) is 42.8 Å². The summed E-state index contributed by atoms with van der Waals surface area (Å²) in [5, 5.41) is 3.02. The van der Waals surface area contributed by atoms with E-state index in [0.29, 0.717) is 36.7 Å². The number of alkyl halides is 2. The lowest BCUT2D eigenvalue weighted by molar-refractivity contribution is -0.0443. The third kappa shape index (κ3) is 3.94. The molecule has 1 aliphatic rings. The zero-order chi connectivity index (χ0) is 20.6. The van der Waals surface area contributed by atoms with Gasteiger partial charge < -0.3 is 14.5 Å². The summed E-state index contributed by atoms with van der Waals surface area (Å²) in [5.41, 5.74) is 3.86. The maximum Gasteiger partial charge on any atom is 0.262 e. The van der Waals surface area contributed by atoms with E-state index in [4.69, 9.17) is 4.74 Å². The first kappa shape index (κ1) is 19.7. The number of pyridine rings is 1. The van der Waals surface area contributed by atoms with Crippen molar-refractivity contribution in [3.8, 4) is 17.1 Å². The average molecular weight is 401 g/mol. The summed E-state index contributed by atoms with van der Waals surface area (Å²) in [6.07, 6.45) is 7.86. The van der Waals surface area contributed by atoms with Gasteiger partial charge in [0.1, 0.15) is 0 Å². The van der Waals surface area contributed by atoms with Crippen molar-refractivity contribution in [2.75, 3.05) is 6.61 Å². The van der Waals surface area contributed by atoms with Gasteiger partial charge in [0.25, 0.3) is 11.8 Å². The van der Waals surface area contributed by atoms with Crippen LogP contribution in [0.2, 0.25) is 0 Å². The molecule has 6 nitrogen and oxygen atoms in total. The van der Waals surface area contributed by atoms with Crippen molar-refractivity contribution in [2.45, 2.75) is 58.0 Å². The number of fused-ring (bicyclic) bond motifs is 7. The van der Waals surface area contributed by atoms with Crippen LogP contribution in [-0.2, 0) is 0 Å². The van der Waals surface area contributed by atoms with Gasteiger partial charge in [0.05, 0.1) is 24.0 Å². The standard InChI is InChI=1S/C21H25F2N5O/c1-13-11-25-17-10-16(13)18-12-28-8-7-24-19(28)20(27-18)29-9-5-4-6-21(22,23)15(3)26-14(17)2/h7-8,10-12,14-15,26H,4-6,9H2,1-3H3. The number of hydrogen-bond acceptors (Lipinski definition) is 5. The predicted molar refractivity (Wildman–Crippen MR) is 106 cm³/mol. The number of nitrogens with zero attached hydrogens (tertiary/aromatic N) is 4. The lowest BCUT2D eigenvalue weighted by atomic mass is 10.0. The summed E-state index contributed by atoms with van der Waals surface area (Å²) >= 11 is 0. The molecule has 0 amide bonds. The average Bonchev–Trinajstić information content (AvgIpc) is 3.15. The van der Waals surface area contributed by atoms with Gasteiger partial charge in [-0.2, -0.15) is 0 Å². The molecule has 4 bridgehead atoms. The minimum atomic E-state index is -2.81. The number of halogens is 2. The van der Waals surface area contributed by atoms with Crippen LogP contribution < -0.4 is 10.1 Å². The maximum absolute atomic E-state index is 14.6. The third-order valence-corrected chi connectivity index (χ3v) is 5.46. The van der Waals surface area contributed by atoms with Crippen LogP contribution >= 0.6 is 0 Å². The predicted octanol–water partition coefficient (Wildman–Crippen LogP) is 4.34. The molecule has 0 saturated carbocycles. The van der Waals surface area contributed by atoms with Crippen LogP contribution in [0, 0.1) is 6.92 Å². The Balaban J connectivity index is 1.81. The summed E-state index contributed by atoms with van der Waals surface area (Å²) in [7, 11) is 0. The van der Waals surface area contributed by atoms with Gasteiger partial charge >= 0.3 is 0 Å². The van der Waals surface area contributed by atoms with E-state index >= 15 is 0 Å². The van der Waals surface area contributed by atoms with Crippen LogP contribution in [0.15, 0.2) is 30.9 Å². The molecule has 0 aliphatic carbocycles. The van der Waals surface area contributed by atoms with Crippen molar-refractivity contribution in [1.29, 1.82) is 0 Å². The smallest absolute Gasteiger partial charge is 0.262 e. The topological polar surface area (TPSA) is 64.3 Å². The van der Waals surface area contributed by atoms with E-state index in [9.17, 15) is 8.78 Å². The zero-order valence-electron chi connectivity index (χ0n) is 16.8. The Labute approximate surface area is 168 Å². The molecule has 1 aliphatic heterocycles. The fourth-order valence-electron chi connectivity index (χ4n) is 3.61. The SMILES string of the molecule is Cc1cnc2cc1-c1cn3ccnc3c(n1)OCCCCC(F)(F)C(C)NC2C. The van der Waals surface area contributed by atoms with E-state index in [1.807, 2.05) is 36.7 Å². The minimum Gasteiger partial charge on any atom is -0.475 e. The van der Waals surface area contributed by atoms with Crippen molar-refractivity contribution >= 4 is 5.65 Å². The first-order valence-electron chi connectivity index (χ1n) is 9.92. The van der Waals surface area contributed by atoms with Crippen molar-refractivity contribution in [1.82, 2.24) is 24.7 Å². The van der Waals surface area contributed by atoms with Gasteiger partial charge in [0.2, 0.25) is 5.65 Å². The molecule has 2 atom stereocenters. The molecule has 4 rings (SSSR count). The minimum absolute atomic E-state index is 0.198. The quantitative estimate of drug-likeness (QED) is 0.607. The summed E-state index contributed by atoms with van der Waals surface area (Å²) in [6, 6.07) is 0.623. The van der Waals surface area contributed by atoms with E-state index in [-0.39, 0.29) is 12.5 Å². The fraction of sp³-hybridized carbons (Fsp3) is 0.476.